The Morgan fingerprint density at radius 2 is 2.50 bits per heavy atom. The molecule has 2 aromatic rings. The van der Waals surface area contributed by atoms with Gasteiger partial charge in [0.05, 0.1) is 11.8 Å². The molecule has 0 radical (unpaired) electrons. The predicted octanol–water partition coefficient (Wildman–Crippen LogP) is 2.99. The van der Waals surface area contributed by atoms with Crippen LogP contribution in [0.15, 0.2) is 22.8 Å². The average Bonchev–Trinajstić information content (AvgIpc) is 3.14. The number of nitriles is 1. The lowest BCUT2D eigenvalue weighted by atomic mass is 10.0. The summed E-state index contributed by atoms with van der Waals surface area (Å²) >= 11 is 1.50. The van der Waals surface area contributed by atoms with Crippen LogP contribution in [0.4, 0.5) is 5.00 Å². The number of carbonyl (C=O) groups excluding carboxylic acids is 1. The summed E-state index contributed by atoms with van der Waals surface area (Å²) in [5.74, 6) is 0.717. The molecular formula is C16H17N3O2S. The summed E-state index contributed by atoms with van der Waals surface area (Å²) in [5, 5.41) is 16.2. The van der Waals surface area contributed by atoms with E-state index in [-0.39, 0.29) is 11.8 Å². The standard InChI is InChI=1S/C16H17N3O2S/c1-10(13-3-2-6-21-13)7-15(20)19-16-12(8-17)11-4-5-18-9-14(11)22-16/h2-3,6,10,18H,4-5,7,9H2,1H3,(H,19,20)/t10-/m0/s1. The number of anilines is 1. The molecule has 0 bridgehead atoms. The summed E-state index contributed by atoms with van der Waals surface area (Å²) in [6.45, 7) is 3.60. The molecule has 22 heavy (non-hydrogen) atoms. The Labute approximate surface area is 132 Å². The van der Waals surface area contributed by atoms with Gasteiger partial charge in [-0.2, -0.15) is 5.26 Å². The number of thiophene rings is 1. The van der Waals surface area contributed by atoms with E-state index >= 15 is 0 Å². The van der Waals surface area contributed by atoms with Crippen molar-refractivity contribution < 1.29 is 9.21 Å². The van der Waals surface area contributed by atoms with E-state index in [1.807, 2.05) is 19.1 Å². The Kier molecular flexibility index (Phi) is 4.27. The fourth-order valence-corrected chi connectivity index (χ4v) is 3.85. The second-order valence-electron chi connectivity index (χ2n) is 5.42. The minimum atomic E-state index is -0.0908. The first-order valence-electron chi connectivity index (χ1n) is 7.27. The third kappa shape index (κ3) is 2.91. The van der Waals surface area contributed by atoms with Gasteiger partial charge in [0, 0.05) is 23.8 Å². The quantitative estimate of drug-likeness (QED) is 0.909. The van der Waals surface area contributed by atoms with Crippen LogP contribution < -0.4 is 10.6 Å². The first kappa shape index (κ1) is 14.8. The molecule has 3 rings (SSSR count). The lowest BCUT2D eigenvalue weighted by Crippen LogP contribution is -2.22. The van der Waals surface area contributed by atoms with E-state index in [0.29, 0.717) is 17.0 Å². The van der Waals surface area contributed by atoms with Gasteiger partial charge < -0.3 is 15.1 Å². The first-order chi connectivity index (χ1) is 10.7. The number of amides is 1. The maximum absolute atomic E-state index is 12.2. The highest BCUT2D eigenvalue weighted by atomic mass is 32.1. The first-order valence-corrected chi connectivity index (χ1v) is 8.09. The van der Waals surface area contributed by atoms with Crippen LogP contribution in [0.2, 0.25) is 0 Å². The van der Waals surface area contributed by atoms with Crippen LogP contribution in [0.25, 0.3) is 0 Å². The zero-order valence-electron chi connectivity index (χ0n) is 12.3. The molecule has 0 fully saturated rings. The third-order valence-corrected chi connectivity index (χ3v) is 4.96. The molecule has 0 spiro atoms. The molecule has 6 heteroatoms. The number of furan rings is 1. The smallest absolute Gasteiger partial charge is 0.225 e. The second kappa shape index (κ2) is 6.34. The van der Waals surface area contributed by atoms with Crippen molar-refractivity contribution >= 4 is 22.2 Å². The van der Waals surface area contributed by atoms with Crippen LogP contribution >= 0.6 is 11.3 Å². The van der Waals surface area contributed by atoms with Gasteiger partial charge >= 0.3 is 0 Å². The number of fused-ring (bicyclic) bond motifs is 1. The van der Waals surface area contributed by atoms with E-state index < -0.39 is 0 Å². The normalized spacial score (nSPS) is 14.9. The van der Waals surface area contributed by atoms with Crippen molar-refractivity contribution in [3.63, 3.8) is 0 Å². The van der Waals surface area contributed by atoms with Gasteiger partial charge in [0.2, 0.25) is 5.91 Å². The lowest BCUT2D eigenvalue weighted by molar-refractivity contribution is -0.116. The maximum atomic E-state index is 12.2. The zero-order chi connectivity index (χ0) is 15.5. The Morgan fingerprint density at radius 3 is 3.23 bits per heavy atom. The number of hydrogen-bond donors (Lipinski definition) is 2. The van der Waals surface area contributed by atoms with Crippen molar-refractivity contribution in [3.8, 4) is 6.07 Å². The highest BCUT2D eigenvalue weighted by molar-refractivity contribution is 7.16. The molecule has 0 aromatic carbocycles. The van der Waals surface area contributed by atoms with Gasteiger partial charge in [-0.25, -0.2) is 0 Å². The van der Waals surface area contributed by atoms with Gasteiger partial charge in [0.25, 0.3) is 0 Å². The Morgan fingerprint density at radius 1 is 1.64 bits per heavy atom. The molecule has 1 aliphatic rings. The van der Waals surface area contributed by atoms with Crippen molar-refractivity contribution in [1.29, 1.82) is 5.26 Å². The molecule has 3 heterocycles. The van der Waals surface area contributed by atoms with E-state index in [1.54, 1.807) is 6.26 Å². The average molecular weight is 315 g/mol. The molecule has 1 amide bonds. The van der Waals surface area contributed by atoms with Gasteiger partial charge in [0.1, 0.15) is 16.8 Å². The minimum Gasteiger partial charge on any atom is -0.469 e. The summed E-state index contributed by atoms with van der Waals surface area (Å²) in [6.07, 6.45) is 2.78. The third-order valence-electron chi connectivity index (χ3n) is 3.81. The summed E-state index contributed by atoms with van der Waals surface area (Å²) in [4.78, 5) is 13.4. The van der Waals surface area contributed by atoms with Crippen LogP contribution in [0, 0.1) is 11.3 Å². The van der Waals surface area contributed by atoms with Crippen LogP contribution in [0.5, 0.6) is 0 Å². The number of nitrogens with one attached hydrogen (secondary N) is 2. The van der Waals surface area contributed by atoms with Gasteiger partial charge in [-0.15, -0.1) is 11.3 Å². The van der Waals surface area contributed by atoms with Crippen molar-refractivity contribution in [2.45, 2.75) is 32.2 Å². The number of carbonyl (C=O) groups is 1. The maximum Gasteiger partial charge on any atom is 0.225 e. The molecule has 1 atom stereocenters. The molecule has 0 saturated heterocycles. The lowest BCUT2D eigenvalue weighted by Gasteiger charge is -2.11. The summed E-state index contributed by atoms with van der Waals surface area (Å²) < 4.78 is 5.32. The van der Waals surface area contributed by atoms with E-state index in [0.717, 1.165) is 35.7 Å². The molecule has 0 unspecified atom stereocenters. The molecule has 0 aliphatic carbocycles. The summed E-state index contributed by atoms with van der Waals surface area (Å²) in [6, 6.07) is 5.93. The SMILES string of the molecule is C[C@@H](CC(=O)Nc1sc2c(c1C#N)CCNC2)c1ccco1. The van der Waals surface area contributed by atoms with Crippen LogP contribution in [0.3, 0.4) is 0 Å². The molecule has 2 N–H and O–H groups in total. The fraction of sp³-hybridized carbons (Fsp3) is 0.375. The monoisotopic (exact) mass is 315 g/mol. The number of rotatable bonds is 4. The molecule has 2 aromatic heterocycles. The highest BCUT2D eigenvalue weighted by Gasteiger charge is 2.22. The zero-order valence-corrected chi connectivity index (χ0v) is 13.1. The summed E-state index contributed by atoms with van der Waals surface area (Å²) in [7, 11) is 0. The topological polar surface area (TPSA) is 78.1 Å². The Hall–Kier alpha value is -2.10. The highest BCUT2D eigenvalue weighted by Crippen LogP contribution is 2.35. The van der Waals surface area contributed by atoms with Gasteiger partial charge in [0.15, 0.2) is 0 Å². The van der Waals surface area contributed by atoms with E-state index in [1.165, 1.54) is 11.3 Å². The largest absolute Gasteiger partial charge is 0.469 e. The van der Waals surface area contributed by atoms with Crippen molar-refractivity contribution in [1.82, 2.24) is 5.32 Å². The van der Waals surface area contributed by atoms with Crippen molar-refractivity contribution in [2.24, 2.45) is 0 Å². The number of nitrogens with zero attached hydrogens (tertiary/aromatic N) is 1. The molecular weight excluding hydrogens is 298 g/mol. The summed E-state index contributed by atoms with van der Waals surface area (Å²) in [5.41, 5.74) is 1.71. The van der Waals surface area contributed by atoms with Crippen molar-refractivity contribution in [2.75, 3.05) is 11.9 Å². The van der Waals surface area contributed by atoms with E-state index in [2.05, 4.69) is 16.7 Å². The second-order valence-corrected chi connectivity index (χ2v) is 6.52. The van der Waals surface area contributed by atoms with E-state index in [9.17, 15) is 10.1 Å². The number of hydrogen-bond acceptors (Lipinski definition) is 5. The van der Waals surface area contributed by atoms with Gasteiger partial charge in [-0.05, 0) is 30.7 Å². The Bertz CT molecular complexity index is 713. The fourth-order valence-electron chi connectivity index (χ4n) is 2.67. The van der Waals surface area contributed by atoms with Crippen LogP contribution in [-0.2, 0) is 17.8 Å². The molecule has 114 valence electrons. The Balaban J connectivity index is 1.72. The predicted molar refractivity (Wildman–Crippen MR) is 84.8 cm³/mol. The van der Waals surface area contributed by atoms with Crippen molar-refractivity contribution in [3.05, 3.63) is 40.2 Å². The molecule has 5 nitrogen and oxygen atoms in total. The van der Waals surface area contributed by atoms with Crippen LogP contribution in [-0.4, -0.2) is 12.5 Å². The van der Waals surface area contributed by atoms with Gasteiger partial charge in [-0.1, -0.05) is 6.92 Å². The minimum absolute atomic E-state index is 0.0109. The molecule has 0 saturated carbocycles. The van der Waals surface area contributed by atoms with Crippen LogP contribution in [0.1, 0.15) is 41.0 Å². The van der Waals surface area contributed by atoms with E-state index in [4.69, 9.17) is 4.42 Å². The molecule has 1 aliphatic heterocycles. The van der Waals surface area contributed by atoms with Gasteiger partial charge in [-0.3, -0.25) is 4.79 Å².